The molecule has 0 aromatic carbocycles. The maximum atomic E-state index is 5.58. The minimum Gasteiger partial charge on any atom is -0.258 e. The molecule has 1 aromatic rings. The Morgan fingerprint density at radius 1 is 1.45 bits per heavy atom. The summed E-state index contributed by atoms with van der Waals surface area (Å²) in [7, 11) is 0. The van der Waals surface area contributed by atoms with Gasteiger partial charge in [-0.15, -0.1) is 24.0 Å². The molecule has 1 aromatic heterocycles. The molecule has 5 heteroatoms. The number of hydrogen-bond donors (Lipinski definition) is 0. The summed E-state index contributed by atoms with van der Waals surface area (Å²) < 4.78 is 1.89. The standard InChI is InChI=1S/C6H4Br2ClN.ClH/c7-4-1-5(8)6(2-9)10-3-4;/h1,3H,2H2;1H. The number of nitrogens with zero attached hydrogens (tertiary/aromatic N) is 1. The van der Waals surface area contributed by atoms with Crippen LogP contribution in [0.4, 0.5) is 0 Å². The predicted octanol–water partition coefficient (Wildman–Crippen LogP) is 3.77. The lowest BCUT2D eigenvalue weighted by molar-refractivity contribution is 1.14. The van der Waals surface area contributed by atoms with Gasteiger partial charge in [-0.1, -0.05) is 0 Å². The second kappa shape index (κ2) is 5.36. The molecule has 0 amide bonds. The van der Waals surface area contributed by atoms with Crippen LogP contribution in [0.2, 0.25) is 0 Å². The van der Waals surface area contributed by atoms with E-state index in [1.54, 1.807) is 6.20 Å². The quantitative estimate of drug-likeness (QED) is 0.718. The number of rotatable bonds is 1. The van der Waals surface area contributed by atoms with E-state index in [2.05, 4.69) is 36.8 Å². The molecule has 0 aliphatic heterocycles. The van der Waals surface area contributed by atoms with Gasteiger partial charge in [0.25, 0.3) is 0 Å². The van der Waals surface area contributed by atoms with E-state index in [1.807, 2.05) is 6.07 Å². The molecule has 0 N–H and O–H groups in total. The summed E-state index contributed by atoms with van der Waals surface area (Å²) in [5.74, 6) is 0.438. The summed E-state index contributed by atoms with van der Waals surface area (Å²) in [4.78, 5) is 4.07. The molecule has 1 rings (SSSR count). The fraction of sp³-hybridized carbons (Fsp3) is 0.167. The Morgan fingerprint density at radius 3 is 2.55 bits per heavy atom. The molecule has 0 aliphatic rings. The van der Waals surface area contributed by atoms with Gasteiger partial charge in [0.15, 0.2) is 0 Å². The van der Waals surface area contributed by atoms with E-state index >= 15 is 0 Å². The Hall–Kier alpha value is 0.690. The van der Waals surface area contributed by atoms with Crippen molar-refractivity contribution in [1.29, 1.82) is 0 Å². The SMILES string of the molecule is Cl.ClCc1ncc(Br)cc1Br. The van der Waals surface area contributed by atoms with Crippen molar-refractivity contribution in [1.82, 2.24) is 4.98 Å². The normalized spacial score (nSPS) is 9.00. The van der Waals surface area contributed by atoms with Crippen LogP contribution >= 0.6 is 55.9 Å². The first-order valence-electron chi connectivity index (χ1n) is 2.60. The molecule has 0 saturated heterocycles. The number of pyridine rings is 1. The molecule has 62 valence electrons. The molecule has 0 aliphatic carbocycles. The first-order valence-corrected chi connectivity index (χ1v) is 4.72. The maximum Gasteiger partial charge on any atom is 0.0693 e. The van der Waals surface area contributed by atoms with E-state index in [-0.39, 0.29) is 12.4 Å². The van der Waals surface area contributed by atoms with Crippen LogP contribution in [-0.4, -0.2) is 4.98 Å². The van der Waals surface area contributed by atoms with Crippen molar-refractivity contribution in [3.63, 3.8) is 0 Å². The van der Waals surface area contributed by atoms with Gasteiger partial charge in [0, 0.05) is 15.1 Å². The Balaban J connectivity index is 0.000001000. The van der Waals surface area contributed by atoms with Crippen molar-refractivity contribution in [3.05, 3.63) is 26.9 Å². The molecule has 0 atom stereocenters. The third-order valence-electron chi connectivity index (χ3n) is 1.01. The summed E-state index contributed by atoms with van der Waals surface area (Å²) in [6.45, 7) is 0. The van der Waals surface area contributed by atoms with Crippen LogP contribution in [0.25, 0.3) is 0 Å². The van der Waals surface area contributed by atoms with Gasteiger partial charge >= 0.3 is 0 Å². The first-order chi connectivity index (χ1) is 4.74. The minimum absolute atomic E-state index is 0. The number of alkyl halides is 1. The van der Waals surface area contributed by atoms with Crippen LogP contribution < -0.4 is 0 Å². The van der Waals surface area contributed by atoms with Gasteiger partial charge in [-0.25, -0.2) is 0 Å². The van der Waals surface area contributed by atoms with Gasteiger partial charge < -0.3 is 0 Å². The molecular weight excluding hydrogens is 317 g/mol. The molecule has 1 heterocycles. The lowest BCUT2D eigenvalue weighted by Crippen LogP contribution is -1.85. The zero-order chi connectivity index (χ0) is 7.56. The van der Waals surface area contributed by atoms with Gasteiger partial charge in [-0.2, -0.15) is 0 Å². The predicted molar refractivity (Wildman–Crippen MR) is 56.4 cm³/mol. The van der Waals surface area contributed by atoms with Crippen LogP contribution in [0.3, 0.4) is 0 Å². The van der Waals surface area contributed by atoms with Crippen molar-refractivity contribution in [2.45, 2.75) is 5.88 Å². The fourth-order valence-corrected chi connectivity index (χ4v) is 2.04. The highest BCUT2D eigenvalue weighted by molar-refractivity contribution is 9.11. The molecule has 0 saturated carbocycles. The van der Waals surface area contributed by atoms with E-state index in [1.165, 1.54) is 0 Å². The molecule has 11 heavy (non-hydrogen) atoms. The van der Waals surface area contributed by atoms with Crippen LogP contribution in [0, 0.1) is 0 Å². The minimum atomic E-state index is 0. The summed E-state index contributed by atoms with van der Waals surface area (Å²) in [5.41, 5.74) is 0.866. The molecule has 0 radical (unpaired) electrons. The smallest absolute Gasteiger partial charge is 0.0693 e. The van der Waals surface area contributed by atoms with Gasteiger partial charge in [0.1, 0.15) is 0 Å². The van der Waals surface area contributed by atoms with Crippen molar-refractivity contribution < 1.29 is 0 Å². The Bertz CT molecular complexity index is 242. The van der Waals surface area contributed by atoms with Gasteiger partial charge in [0.05, 0.1) is 11.6 Å². The fourth-order valence-electron chi connectivity index (χ4n) is 0.541. The highest BCUT2D eigenvalue weighted by Gasteiger charge is 1.98. The zero-order valence-corrected chi connectivity index (χ0v) is 10.1. The van der Waals surface area contributed by atoms with E-state index in [0.717, 1.165) is 14.6 Å². The Morgan fingerprint density at radius 2 is 2.09 bits per heavy atom. The lowest BCUT2D eigenvalue weighted by Gasteiger charge is -1.97. The molecule has 1 nitrogen and oxygen atoms in total. The number of hydrogen-bond acceptors (Lipinski definition) is 1. The summed E-state index contributed by atoms with van der Waals surface area (Å²) >= 11 is 12.2. The highest BCUT2D eigenvalue weighted by Crippen LogP contribution is 2.20. The first kappa shape index (κ1) is 11.7. The average Bonchev–Trinajstić information content (AvgIpc) is 1.88. The Kier molecular flexibility index (Phi) is 5.69. The largest absolute Gasteiger partial charge is 0.258 e. The van der Waals surface area contributed by atoms with Crippen molar-refractivity contribution in [2.24, 2.45) is 0 Å². The van der Waals surface area contributed by atoms with E-state index in [9.17, 15) is 0 Å². The molecule has 0 unspecified atom stereocenters. The number of aromatic nitrogens is 1. The van der Waals surface area contributed by atoms with Crippen LogP contribution in [-0.2, 0) is 5.88 Å². The molecule has 0 fully saturated rings. The second-order valence-electron chi connectivity index (χ2n) is 1.72. The van der Waals surface area contributed by atoms with Crippen LogP contribution in [0.15, 0.2) is 21.2 Å². The van der Waals surface area contributed by atoms with E-state index in [4.69, 9.17) is 11.6 Å². The highest BCUT2D eigenvalue weighted by atomic mass is 79.9. The van der Waals surface area contributed by atoms with Gasteiger partial charge in [-0.05, 0) is 37.9 Å². The maximum absolute atomic E-state index is 5.58. The Labute approximate surface area is 93.2 Å². The number of halogens is 4. The molecule has 0 spiro atoms. The van der Waals surface area contributed by atoms with Crippen molar-refractivity contribution in [3.8, 4) is 0 Å². The van der Waals surface area contributed by atoms with Crippen LogP contribution in [0.1, 0.15) is 5.69 Å². The van der Waals surface area contributed by atoms with Crippen molar-refractivity contribution in [2.75, 3.05) is 0 Å². The van der Waals surface area contributed by atoms with Gasteiger partial charge in [-0.3, -0.25) is 4.98 Å². The summed E-state index contributed by atoms with van der Waals surface area (Å²) in [6, 6.07) is 1.92. The summed E-state index contributed by atoms with van der Waals surface area (Å²) in [5, 5.41) is 0. The topological polar surface area (TPSA) is 12.9 Å². The van der Waals surface area contributed by atoms with E-state index in [0.29, 0.717) is 5.88 Å². The second-order valence-corrected chi connectivity index (χ2v) is 3.75. The van der Waals surface area contributed by atoms with Crippen molar-refractivity contribution >= 4 is 55.9 Å². The third-order valence-corrected chi connectivity index (χ3v) is 2.38. The zero-order valence-electron chi connectivity index (χ0n) is 5.35. The average molecular weight is 322 g/mol. The van der Waals surface area contributed by atoms with E-state index < -0.39 is 0 Å². The third kappa shape index (κ3) is 3.28. The molecule has 0 bridgehead atoms. The monoisotopic (exact) mass is 319 g/mol. The van der Waals surface area contributed by atoms with Gasteiger partial charge in [0.2, 0.25) is 0 Å². The van der Waals surface area contributed by atoms with Crippen LogP contribution in [0.5, 0.6) is 0 Å². The lowest BCUT2D eigenvalue weighted by atomic mass is 10.4. The summed E-state index contributed by atoms with van der Waals surface area (Å²) in [6.07, 6.45) is 1.72. The molecular formula is C6H5Br2Cl2N.